The van der Waals surface area contributed by atoms with Crippen LogP contribution in [0, 0.1) is 11.6 Å². The van der Waals surface area contributed by atoms with Crippen LogP contribution in [-0.2, 0) is 10.0 Å². The Morgan fingerprint density at radius 1 is 1.18 bits per heavy atom. The number of sulfonamides is 1. The largest absolute Gasteiger partial charge is 0.372 e. The van der Waals surface area contributed by atoms with E-state index in [0.717, 1.165) is 18.3 Å². The van der Waals surface area contributed by atoms with Crippen LogP contribution in [0.15, 0.2) is 52.2 Å². The van der Waals surface area contributed by atoms with E-state index in [1.54, 1.807) is 19.0 Å². The van der Waals surface area contributed by atoms with Crippen molar-refractivity contribution in [3.8, 4) is 0 Å². The van der Waals surface area contributed by atoms with E-state index in [0.29, 0.717) is 24.5 Å². The number of hydrogen-bond donors (Lipinski definition) is 4. The molecular formula is C20H22ClF3N6O2S. The zero-order valence-electron chi connectivity index (χ0n) is 17.7. The SMILES string of the molecule is CNCCN(C)c1cc(F)ccc1Nc1cc(F)c(S(=O)(=O)NC2=NC=C(F)CN2)cc1Cl. The lowest BCUT2D eigenvalue weighted by molar-refractivity contribution is 0.562. The van der Waals surface area contributed by atoms with Gasteiger partial charge in [0.15, 0.2) is 0 Å². The van der Waals surface area contributed by atoms with Crippen molar-refractivity contribution >= 4 is 44.6 Å². The molecule has 4 N–H and O–H groups in total. The lowest BCUT2D eigenvalue weighted by Gasteiger charge is -2.23. The molecular weight excluding hydrogens is 481 g/mol. The highest BCUT2D eigenvalue weighted by Gasteiger charge is 2.24. The lowest BCUT2D eigenvalue weighted by atomic mass is 10.2. The third-order valence-corrected chi connectivity index (χ3v) is 6.30. The Morgan fingerprint density at radius 2 is 1.94 bits per heavy atom. The van der Waals surface area contributed by atoms with Crippen molar-refractivity contribution in [2.45, 2.75) is 4.90 Å². The number of guanidine groups is 1. The number of anilines is 3. The molecule has 13 heteroatoms. The Bertz CT molecular complexity index is 1210. The number of benzene rings is 2. The van der Waals surface area contributed by atoms with Crippen molar-refractivity contribution in [3.05, 3.63) is 59.0 Å². The predicted octanol–water partition coefficient (Wildman–Crippen LogP) is 3.07. The molecule has 1 aliphatic heterocycles. The first-order valence-electron chi connectivity index (χ1n) is 9.71. The van der Waals surface area contributed by atoms with E-state index in [1.807, 2.05) is 4.72 Å². The summed E-state index contributed by atoms with van der Waals surface area (Å²) in [6.07, 6.45) is 0.846. The minimum absolute atomic E-state index is 0.0844. The average molecular weight is 503 g/mol. The van der Waals surface area contributed by atoms with Crippen LogP contribution in [0.5, 0.6) is 0 Å². The van der Waals surface area contributed by atoms with Crippen LogP contribution in [-0.4, -0.2) is 48.1 Å². The summed E-state index contributed by atoms with van der Waals surface area (Å²) in [5.74, 6) is -2.38. The Hall–Kier alpha value is -2.96. The third kappa shape index (κ3) is 6.09. The zero-order valence-corrected chi connectivity index (χ0v) is 19.3. The van der Waals surface area contributed by atoms with Crippen LogP contribution in [0.1, 0.15) is 0 Å². The molecule has 1 heterocycles. The van der Waals surface area contributed by atoms with Gasteiger partial charge < -0.3 is 20.9 Å². The standard InChI is InChI=1S/C20H22ClF3N6O2S/c1-25-5-6-30(2)18-7-12(22)3-4-16(18)28-17-9-15(24)19(8-14(17)21)33(31,32)29-20-26-10-13(23)11-27-20/h3-4,7-10,25,28H,5-6,11H2,1-2H3,(H2,26,27,29). The fraction of sp³-hybridized carbons (Fsp3) is 0.250. The predicted molar refractivity (Wildman–Crippen MR) is 123 cm³/mol. The van der Waals surface area contributed by atoms with E-state index >= 15 is 0 Å². The summed E-state index contributed by atoms with van der Waals surface area (Å²) in [7, 11) is -0.848. The number of rotatable bonds is 8. The van der Waals surface area contributed by atoms with E-state index in [2.05, 4.69) is 20.9 Å². The molecule has 0 amide bonds. The molecule has 0 spiro atoms. The fourth-order valence-corrected chi connectivity index (χ4v) is 4.29. The second kappa shape index (κ2) is 10.3. The van der Waals surface area contributed by atoms with Gasteiger partial charge in [-0.15, -0.1) is 0 Å². The number of likely N-dealkylation sites (N-methyl/N-ethyl adjacent to an activating group) is 2. The lowest BCUT2D eigenvalue weighted by Crippen LogP contribution is -2.42. The number of halogens is 4. The minimum Gasteiger partial charge on any atom is -0.372 e. The summed E-state index contributed by atoms with van der Waals surface area (Å²) in [4.78, 5) is 4.65. The van der Waals surface area contributed by atoms with Crippen molar-refractivity contribution in [1.82, 2.24) is 15.4 Å². The quantitative estimate of drug-likeness (QED) is 0.443. The molecule has 33 heavy (non-hydrogen) atoms. The second-order valence-corrected chi connectivity index (χ2v) is 9.14. The molecule has 0 unspecified atom stereocenters. The van der Waals surface area contributed by atoms with Gasteiger partial charge in [0.05, 0.1) is 34.8 Å². The number of nitrogens with zero attached hydrogens (tertiary/aromatic N) is 2. The summed E-state index contributed by atoms with van der Waals surface area (Å²) in [6.45, 7) is 0.955. The first-order chi connectivity index (χ1) is 15.6. The van der Waals surface area contributed by atoms with Crippen LogP contribution >= 0.6 is 11.6 Å². The normalized spacial score (nSPS) is 13.6. The van der Waals surface area contributed by atoms with Crippen molar-refractivity contribution in [2.24, 2.45) is 4.99 Å². The summed E-state index contributed by atoms with van der Waals surface area (Å²) in [6, 6.07) is 5.89. The van der Waals surface area contributed by atoms with E-state index in [4.69, 9.17) is 11.6 Å². The van der Waals surface area contributed by atoms with E-state index in [-0.39, 0.29) is 23.2 Å². The average Bonchev–Trinajstić information content (AvgIpc) is 2.76. The van der Waals surface area contributed by atoms with E-state index < -0.39 is 32.4 Å². The molecule has 0 saturated carbocycles. The van der Waals surface area contributed by atoms with Crippen molar-refractivity contribution in [2.75, 3.05) is 43.9 Å². The number of aliphatic imine (C=N–C) groups is 1. The van der Waals surface area contributed by atoms with Crippen LogP contribution in [0.3, 0.4) is 0 Å². The van der Waals surface area contributed by atoms with E-state index in [1.165, 1.54) is 18.2 Å². The molecule has 0 aromatic heterocycles. The molecule has 0 fully saturated rings. The molecule has 8 nitrogen and oxygen atoms in total. The monoisotopic (exact) mass is 502 g/mol. The van der Waals surface area contributed by atoms with Gasteiger partial charge in [0.25, 0.3) is 10.0 Å². The third-order valence-electron chi connectivity index (χ3n) is 4.64. The maximum atomic E-state index is 14.8. The van der Waals surface area contributed by atoms with Crippen molar-refractivity contribution < 1.29 is 21.6 Å². The molecule has 178 valence electrons. The number of hydrogen-bond acceptors (Lipinski definition) is 7. The van der Waals surface area contributed by atoms with Gasteiger partial charge in [-0.1, -0.05) is 11.6 Å². The van der Waals surface area contributed by atoms with Crippen molar-refractivity contribution in [3.63, 3.8) is 0 Å². The van der Waals surface area contributed by atoms with Crippen LogP contribution < -0.4 is 25.6 Å². The highest BCUT2D eigenvalue weighted by atomic mass is 35.5. The fourth-order valence-electron chi connectivity index (χ4n) is 2.94. The van der Waals surface area contributed by atoms with Gasteiger partial charge in [-0.05, 0) is 31.3 Å². The Balaban J connectivity index is 1.88. The van der Waals surface area contributed by atoms with Crippen LogP contribution in [0.25, 0.3) is 0 Å². The molecule has 2 aromatic carbocycles. The molecule has 0 saturated heterocycles. The Labute approximate surface area is 194 Å². The maximum Gasteiger partial charge on any atom is 0.267 e. The molecule has 0 aliphatic carbocycles. The van der Waals surface area contributed by atoms with Crippen molar-refractivity contribution in [1.29, 1.82) is 0 Å². The van der Waals surface area contributed by atoms with Crippen LogP contribution in [0.4, 0.5) is 30.2 Å². The van der Waals surface area contributed by atoms with Gasteiger partial charge in [-0.2, -0.15) is 0 Å². The van der Waals surface area contributed by atoms with Gasteiger partial charge >= 0.3 is 0 Å². The second-order valence-electron chi connectivity index (χ2n) is 7.09. The van der Waals surface area contributed by atoms with Gasteiger partial charge in [0, 0.05) is 26.2 Å². The van der Waals surface area contributed by atoms with Gasteiger partial charge in [0.2, 0.25) is 5.96 Å². The summed E-state index contributed by atoms with van der Waals surface area (Å²) in [5, 5.41) is 8.26. The highest BCUT2D eigenvalue weighted by molar-refractivity contribution is 7.90. The van der Waals surface area contributed by atoms with Crippen LogP contribution in [0.2, 0.25) is 5.02 Å². The minimum atomic E-state index is -4.40. The van der Waals surface area contributed by atoms with Gasteiger partial charge in [-0.3, -0.25) is 0 Å². The first-order valence-corrected chi connectivity index (χ1v) is 11.6. The smallest absolute Gasteiger partial charge is 0.267 e. The van der Waals surface area contributed by atoms with Gasteiger partial charge in [0.1, 0.15) is 22.4 Å². The molecule has 0 atom stereocenters. The van der Waals surface area contributed by atoms with E-state index in [9.17, 15) is 21.6 Å². The molecule has 2 aromatic rings. The molecule has 3 rings (SSSR count). The Kier molecular flexibility index (Phi) is 7.72. The molecule has 1 aliphatic rings. The molecule has 0 radical (unpaired) electrons. The number of nitrogens with one attached hydrogen (secondary N) is 4. The highest BCUT2D eigenvalue weighted by Crippen LogP contribution is 2.34. The summed E-state index contributed by atoms with van der Waals surface area (Å²) in [5.41, 5.74) is 1.03. The maximum absolute atomic E-state index is 14.8. The zero-order chi connectivity index (χ0) is 24.2. The first kappa shape index (κ1) is 24.7. The topological polar surface area (TPSA) is 97.9 Å². The Morgan fingerprint density at radius 3 is 2.61 bits per heavy atom. The summed E-state index contributed by atoms with van der Waals surface area (Å²) >= 11 is 6.24. The summed E-state index contributed by atoms with van der Waals surface area (Å²) < 4.78 is 68.9. The molecule has 0 bridgehead atoms. The van der Waals surface area contributed by atoms with Gasteiger partial charge in [-0.25, -0.2) is 31.3 Å².